The van der Waals surface area contributed by atoms with Gasteiger partial charge in [0.05, 0.1) is 24.0 Å². The summed E-state index contributed by atoms with van der Waals surface area (Å²) in [6.45, 7) is 0. The minimum atomic E-state index is -0.0443. The molecule has 140 valence electrons. The number of anilines is 1. The van der Waals surface area contributed by atoms with Crippen LogP contribution in [0, 0.1) is 0 Å². The first kappa shape index (κ1) is 18.1. The average Bonchev–Trinajstić information content (AvgIpc) is 3.22. The number of thiazole rings is 1. The lowest BCUT2D eigenvalue weighted by Gasteiger charge is -2.07. The summed E-state index contributed by atoms with van der Waals surface area (Å²) in [4.78, 5) is 21.4. The fourth-order valence-electron chi connectivity index (χ4n) is 2.95. The van der Waals surface area contributed by atoms with Crippen molar-refractivity contribution in [2.24, 2.45) is 0 Å². The van der Waals surface area contributed by atoms with Gasteiger partial charge >= 0.3 is 0 Å². The summed E-state index contributed by atoms with van der Waals surface area (Å²) in [5, 5.41) is 6.92. The van der Waals surface area contributed by atoms with Crippen molar-refractivity contribution in [3.63, 3.8) is 0 Å². The van der Waals surface area contributed by atoms with Gasteiger partial charge in [-0.1, -0.05) is 18.2 Å². The van der Waals surface area contributed by atoms with Crippen LogP contribution >= 0.6 is 11.3 Å². The quantitative estimate of drug-likeness (QED) is 0.507. The predicted molar refractivity (Wildman–Crippen MR) is 113 cm³/mol. The first-order valence-electron chi connectivity index (χ1n) is 8.95. The molecule has 0 fully saturated rings. The third-order valence-corrected chi connectivity index (χ3v) is 5.34. The molecule has 0 aliphatic carbocycles. The first-order valence-corrected chi connectivity index (χ1v) is 9.83. The number of hydrogen-bond acceptors (Lipinski definition) is 5. The molecule has 4 aromatic rings. The highest BCUT2D eigenvalue weighted by Crippen LogP contribution is 2.26. The molecule has 0 saturated heterocycles. The molecule has 28 heavy (non-hydrogen) atoms. The summed E-state index contributed by atoms with van der Waals surface area (Å²) >= 11 is 1.58. The number of fused-ring (bicyclic) bond motifs is 1. The van der Waals surface area contributed by atoms with Crippen LogP contribution < -0.4 is 10.1 Å². The van der Waals surface area contributed by atoms with Crippen molar-refractivity contribution in [1.29, 1.82) is 0 Å². The Hall–Kier alpha value is -3.25. The highest BCUT2D eigenvalue weighted by atomic mass is 32.1. The van der Waals surface area contributed by atoms with E-state index in [0.717, 1.165) is 38.6 Å². The van der Waals surface area contributed by atoms with Crippen molar-refractivity contribution in [1.82, 2.24) is 9.97 Å². The minimum absolute atomic E-state index is 0.0443. The summed E-state index contributed by atoms with van der Waals surface area (Å²) in [7, 11) is 1.65. The number of rotatable bonds is 6. The van der Waals surface area contributed by atoms with E-state index in [0.29, 0.717) is 12.8 Å². The van der Waals surface area contributed by atoms with Gasteiger partial charge in [-0.3, -0.25) is 9.78 Å². The van der Waals surface area contributed by atoms with Gasteiger partial charge in [-0.25, -0.2) is 4.98 Å². The first-order chi connectivity index (χ1) is 13.7. The number of para-hydroxylation sites is 1. The third-order valence-electron chi connectivity index (χ3n) is 4.40. The van der Waals surface area contributed by atoms with E-state index < -0.39 is 0 Å². The van der Waals surface area contributed by atoms with Crippen LogP contribution in [0.2, 0.25) is 0 Å². The molecular weight excluding hydrogens is 370 g/mol. The normalized spacial score (nSPS) is 10.8. The molecule has 0 radical (unpaired) electrons. The highest BCUT2D eigenvalue weighted by Gasteiger charge is 2.10. The molecule has 6 heteroatoms. The van der Waals surface area contributed by atoms with Crippen LogP contribution in [0.1, 0.15) is 12.1 Å². The molecule has 0 atom stereocenters. The number of hydrogen-bond donors (Lipinski definition) is 1. The number of nitrogens with one attached hydrogen (secondary N) is 1. The van der Waals surface area contributed by atoms with E-state index in [4.69, 9.17) is 4.74 Å². The number of carbonyl (C=O) groups excluding carboxylic acids is 1. The molecule has 1 N–H and O–H groups in total. The van der Waals surface area contributed by atoms with Crippen LogP contribution in [-0.4, -0.2) is 23.0 Å². The molecule has 0 aliphatic rings. The maximum Gasteiger partial charge on any atom is 0.224 e. The number of nitrogens with zero attached hydrogens (tertiary/aromatic N) is 2. The second-order valence-electron chi connectivity index (χ2n) is 6.30. The zero-order chi connectivity index (χ0) is 19.3. The van der Waals surface area contributed by atoms with Gasteiger partial charge in [-0.2, -0.15) is 0 Å². The van der Waals surface area contributed by atoms with Crippen LogP contribution in [0.3, 0.4) is 0 Å². The van der Waals surface area contributed by atoms with Gasteiger partial charge in [0.1, 0.15) is 10.8 Å². The topological polar surface area (TPSA) is 64.1 Å². The Bertz CT molecular complexity index is 1100. The van der Waals surface area contributed by atoms with E-state index in [1.54, 1.807) is 24.6 Å². The molecule has 5 nitrogen and oxygen atoms in total. The Labute approximate surface area is 167 Å². The molecule has 2 heterocycles. The van der Waals surface area contributed by atoms with Crippen LogP contribution in [0.4, 0.5) is 5.69 Å². The van der Waals surface area contributed by atoms with Crippen LogP contribution in [0.15, 0.2) is 66.2 Å². The summed E-state index contributed by atoms with van der Waals surface area (Å²) in [6, 6.07) is 17.4. The molecule has 0 saturated carbocycles. The van der Waals surface area contributed by atoms with Gasteiger partial charge in [0, 0.05) is 28.9 Å². The minimum Gasteiger partial charge on any atom is -0.497 e. The number of pyridine rings is 1. The van der Waals surface area contributed by atoms with Gasteiger partial charge in [0.2, 0.25) is 5.91 Å². The number of aromatic nitrogens is 2. The summed E-state index contributed by atoms with van der Waals surface area (Å²) in [6.07, 6.45) is 2.69. The number of carbonyl (C=O) groups is 1. The number of benzene rings is 2. The fraction of sp³-hybridized carbons (Fsp3) is 0.136. The lowest BCUT2D eigenvalue weighted by molar-refractivity contribution is -0.116. The van der Waals surface area contributed by atoms with Crippen molar-refractivity contribution >= 4 is 33.8 Å². The molecule has 1 amide bonds. The van der Waals surface area contributed by atoms with Crippen LogP contribution in [0.5, 0.6) is 5.75 Å². The summed E-state index contributed by atoms with van der Waals surface area (Å²) < 4.78 is 5.18. The van der Waals surface area contributed by atoms with Crippen molar-refractivity contribution in [2.75, 3.05) is 12.4 Å². The number of ether oxygens (including phenoxy) is 1. The maximum atomic E-state index is 12.4. The molecule has 4 rings (SSSR count). The van der Waals surface area contributed by atoms with Crippen LogP contribution in [-0.2, 0) is 11.2 Å². The van der Waals surface area contributed by atoms with E-state index >= 15 is 0 Å². The SMILES string of the molecule is COc1ccc(-c2nc(CCC(=O)Nc3cccc4cccnc34)cs2)cc1. The number of methoxy groups -OCH3 is 1. The zero-order valence-electron chi connectivity index (χ0n) is 15.4. The molecular formula is C22H19N3O2S. The Kier molecular flexibility index (Phi) is 5.30. The Balaban J connectivity index is 1.39. The predicted octanol–water partition coefficient (Wildman–Crippen LogP) is 4.94. The maximum absolute atomic E-state index is 12.4. The van der Waals surface area contributed by atoms with E-state index in [2.05, 4.69) is 15.3 Å². The Morgan fingerprint density at radius 2 is 1.93 bits per heavy atom. The molecule has 0 spiro atoms. The highest BCUT2D eigenvalue weighted by molar-refractivity contribution is 7.13. The van der Waals surface area contributed by atoms with Gasteiger partial charge in [0.25, 0.3) is 0 Å². The van der Waals surface area contributed by atoms with E-state index in [-0.39, 0.29) is 5.91 Å². The standard InChI is InChI=1S/C22H19N3O2S/c1-27-18-10-7-16(8-11-18)22-24-17(14-28-22)9-12-20(26)25-19-6-2-4-15-5-3-13-23-21(15)19/h2-8,10-11,13-14H,9,12H2,1H3,(H,25,26). The average molecular weight is 389 g/mol. The van der Waals surface area contributed by atoms with Crippen LogP contribution in [0.25, 0.3) is 21.5 Å². The molecule has 2 aromatic heterocycles. The lowest BCUT2D eigenvalue weighted by atomic mass is 10.2. The van der Waals surface area contributed by atoms with E-state index in [9.17, 15) is 4.79 Å². The molecule has 2 aromatic carbocycles. The van der Waals surface area contributed by atoms with Gasteiger partial charge in [0.15, 0.2) is 0 Å². The molecule has 0 unspecified atom stereocenters. The van der Waals surface area contributed by atoms with E-state index in [1.807, 2.05) is 60.0 Å². The molecule has 0 bridgehead atoms. The van der Waals surface area contributed by atoms with E-state index in [1.165, 1.54) is 0 Å². The second kappa shape index (κ2) is 8.19. The smallest absolute Gasteiger partial charge is 0.224 e. The van der Waals surface area contributed by atoms with Crippen molar-refractivity contribution in [3.05, 3.63) is 71.9 Å². The monoisotopic (exact) mass is 389 g/mol. The zero-order valence-corrected chi connectivity index (χ0v) is 16.2. The Morgan fingerprint density at radius 3 is 2.75 bits per heavy atom. The van der Waals surface area contributed by atoms with Gasteiger partial charge < -0.3 is 10.1 Å². The molecule has 0 aliphatic heterocycles. The second-order valence-corrected chi connectivity index (χ2v) is 7.16. The largest absolute Gasteiger partial charge is 0.497 e. The van der Waals surface area contributed by atoms with Gasteiger partial charge in [-0.05, 0) is 42.8 Å². The Morgan fingerprint density at radius 1 is 1.11 bits per heavy atom. The third kappa shape index (κ3) is 4.02. The number of aryl methyl sites for hydroxylation is 1. The summed E-state index contributed by atoms with van der Waals surface area (Å²) in [5.74, 6) is 0.775. The van der Waals surface area contributed by atoms with Gasteiger partial charge in [-0.15, -0.1) is 11.3 Å². The van der Waals surface area contributed by atoms with Crippen molar-refractivity contribution < 1.29 is 9.53 Å². The summed E-state index contributed by atoms with van der Waals surface area (Å²) in [5.41, 5.74) is 3.50. The van der Waals surface area contributed by atoms with Crippen molar-refractivity contribution in [3.8, 4) is 16.3 Å². The van der Waals surface area contributed by atoms with Crippen molar-refractivity contribution in [2.45, 2.75) is 12.8 Å². The lowest BCUT2D eigenvalue weighted by Crippen LogP contribution is -2.13. The number of amides is 1. The fourth-order valence-corrected chi connectivity index (χ4v) is 3.81.